The molecule has 1 amide bonds. The van der Waals surface area contributed by atoms with E-state index in [9.17, 15) is 13.2 Å². The normalized spacial score (nSPS) is 12.5. The fourth-order valence-corrected chi connectivity index (χ4v) is 6.53. The van der Waals surface area contributed by atoms with Crippen molar-refractivity contribution < 1.29 is 17.9 Å². The van der Waals surface area contributed by atoms with E-state index >= 15 is 0 Å². The molecule has 1 heterocycles. The van der Waals surface area contributed by atoms with Crippen LogP contribution in [0.5, 0.6) is 5.75 Å². The van der Waals surface area contributed by atoms with Gasteiger partial charge in [0, 0.05) is 25.2 Å². The van der Waals surface area contributed by atoms with Gasteiger partial charge in [0.15, 0.2) is 4.80 Å². The van der Waals surface area contributed by atoms with Gasteiger partial charge in [0.25, 0.3) is 5.91 Å². The maximum Gasteiger partial charge on any atom is 0.279 e. The molecule has 0 unspecified atom stereocenters. The molecule has 0 radical (unpaired) electrons. The number of thiazole rings is 1. The van der Waals surface area contributed by atoms with Crippen molar-refractivity contribution in [1.29, 1.82) is 0 Å². The second kappa shape index (κ2) is 13.2. The van der Waals surface area contributed by atoms with Gasteiger partial charge in [-0.25, -0.2) is 8.42 Å². The Bertz CT molecular complexity index is 1320. The average molecular weight is 532 g/mol. The third-order valence-corrected chi connectivity index (χ3v) is 8.82. The van der Waals surface area contributed by atoms with E-state index < -0.39 is 15.9 Å². The second-order valence-electron chi connectivity index (χ2n) is 8.65. The molecule has 0 saturated heterocycles. The Kier molecular flexibility index (Phi) is 10.3. The number of aromatic nitrogens is 1. The van der Waals surface area contributed by atoms with E-state index in [1.807, 2.05) is 43.5 Å². The fourth-order valence-electron chi connectivity index (χ4n) is 3.93. The Balaban J connectivity index is 1.91. The zero-order valence-electron chi connectivity index (χ0n) is 21.7. The fraction of sp³-hybridized carbons (Fsp3) is 0.481. The molecule has 7 nitrogen and oxygen atoms in total. The van der Waals surface area contributed by atoms with Crippen molar-refractivity contribution >= 4 is 37.5 Å². The molecule has 0 bridgehead atoms. The number of aryl methyl sites for hydroxylation is 1. The van der Waals surface area contributed by atoms with E-state index in [0.717, 1.165) is 54.6 Å². The topological polar surface area (TPSA) is 81.0 Å². The van der Waals surface area contributed by atoms with Crippen LogP contribution in [0.4, 0.5) is 0 Å². The summed E-state index contributed by atoms with van der Waals surface area (Å²) < 4.78 is 36.7. The molecule has 36 heavy (non-hydrogen) atoms. The van der Waals surface area contributed by atoms with Crippen molar-refractivity contribution in [3.8, 4) is 5.75 Å². The molecule has 0 aliphatic rings. The van der Waals surface area contributed by atoms with Crippen LogP contribution >= 0.6 is 11.3 Å². The highest BCUT2D eigenvalue weighted by atomic mass is 32.2. The van der Waals surface area contributed by atoms with Crippen LogP contribution in [0.1, 0.15) is 70.2 Å². The average Bonchev–Trinajstić information content (AvgIpc) is 3.20. The van der Waals surface area contributed by atoms with E-state index in [1.165, 1.54) is 23.5 Å². The summed E-state index contributed by atoms with van der Waals surface area (Å²) in [4.78, 5) is 18.3. The molecule has 0 N–H and O–H groups in total. The van der Waals surface area contributed by atoms with Crippen LogP contribution in [-0.4, -0.2) is 42.9 Å². The Morgan fingerprint density at radius 1 is 0.972 bits per heavy atom. The lowest BCUT2D eigenvalue weighted by Gasteiger charge is -2.22. The van der Waals surface area contributed by atoms with Crippen LogP contribution in [-0.2, 0) is 16.6 Å². The van der Waals surface area contributed by atoms with Crippen molar-refractivity contribution in [3.05, 3.63) is 52.8 Å². The monoisotopic (exact) mass is 531 g/mol. The SMILES string of the molecule is CCCCN(CCCC)S(=O)(=O)c1ccc(C(=O)N=c2sc3cc(OCC)ccc3n2CCC)cc1. The third-order valence-electron chi connectivity index (χ3n) is 5.87. The summed E-state index contributed by atoms with van der Waals surface area (Å²) in [5.74, 6) is 0.394. The summed E-state index contributed by atoms with van der Waals surface area (Å²) in [6.07, 6.45) is 4.39. The van der Waals surface area contributed by atoms with Gasteiger partial charge < -0.3 is 9.30 Å². The summed E-state index contributed by atoms with van der Waals surface area (Å²) in [6, 6.07) is 12.0. The Hall–Kier alpha value is -2.49. The predicted molar refractivity (Wildman–Crippen MR) is 146 cm³/mol. The van der Waals surface area contributed by atoms with E-state index in [2.05, 4.69) is 11.9 Å². The van der Waals surface area contributed by atoms with Crippen LogP contribution in [0.15, 0.2) is 52.4 Å². The minimum absolute atomic E-state index is 0.206. The van der Waals surface area contributed by atoms with Gasteiger partial charge in [-0.3, -0.25) is 4.79 Å². The van der Waals surface area contributed by atoms with Crippen LogP contribution in [0, 0.1) is 0 Å². The van der Waals surface area contributed by atoms with Gasteiger partial charge in [-0.2, -0.15) is 9.30 Å². The lowest BCUT2D eigenvalue weighted by Crippen LogP contribution is -2.33. The smallest absolute Gasteiger partial charge is 0.279 e. The number of carbonyl (C=O) groups is 1. The van der Waals surface area contributed by atoms with Gasteiger partial charge in [-0.1, -0.05) is 44.9 Å². The highest BCUT2D eigenvalue weighted by Crippen LogP contribution is 2.24. The van der Waals surface area contributed by atoms with Crippen molar-refractivity contribution in [3.63, 3.8) is 0 Å². The highest BCUT2D eigenvalue weighted by molar-refractivity contribution is 7.89. The lowest BCUT2D eigenvalue weighted by molar-refractivity contribution is 0.0997. The van der Waals surface area contributed by atoms with Gasteiger partial charge in [0.2, 0.25) is 10.0 Å². The van der Waals surface area contributed by atoms with E-state index in [0.29, 0.717) is 30.1 Å². The van der Waals surface area contributed by atoms with Crippen molar-refractivity contribution in [1.82, 2.24) is 8.87 Å². The maximum atomic E-state index is 13.2. The number of hydrogen-bond acceptors (Lipinski definition) is 5. The molecule has 0 spiro atoms. The number of fused-ring (bicyclic) bond motifs is 1. The van der Waals surface area contributed by atoms with Gasteiger partial charge in [0.1, 0.15) is 5.75 Å². The summed E-state index contributed by atoms with van der Waals surface area (Å²) in [6.45, 7) is 10.5. The van der Waals surface area contributed by atoms with Crippen LogP contribution < -0.4 is 9.54 Å². The molecule has 1 aromatic heterocycles. The zero-order chi connectivity index (χ0) is 26.1. The molecule has 0 saturated carbocycles. The molecule has 0 aliphatic carbocycles. The molecule has 196 valence electrons. The number of sulfonamides is 1. The first kappa shape index (κ1) is 28.1. The van der Waals surface area contributed by atoms with Crippen LogP contribution in [0.2, 0.25) is 0 Å². The summed E-state index contributed by atoms with van der Waals surface area (Å²) in [7, 11) is -3.61. The number of carbonyl (C=O) groups excluding carboxylic acids is 1. The largest absolute Gasteiger partial charge is 0.494 e. The molecule has 0 aliphatic heterocycles. The molecule has 0 fully saturated rings. The Morgan fingerprint density at radius 3 is 2.22 bits per heavy atom. The number of amides is 1. The molecule has 3 aromatic rings. The number of unbranched alkanes of at least 4 members (excludes halogenated alkanes) is 2. The van der Waals surface area contributed by atoms with Gasteiger partial charge in [-0.05, 0) is 68.7 Å². The van der Waals surface area contributed by atoms with Gasteiger partial charge in [0.05, 0.1) is 21.7 Å². The van der Waals surface area contributed by atoms with Crippen molar-refractivity contribution in [2.45, 2.75) is 71.2 Å². The number of ether oxygens (including phenoxy) is 1. The first-order valence-electron chi connectivity index (χ1n) is 12.8. The molecule has 0 atom stereocenters. The highest BCUT2D eigenvalue weighted by Gasteiger charge is 2.23. The quantitative estimate of drug-likeness (QED) is 0.277. The zero-order valence-corrected chi connectivity index (χ0v) is 23.3. The molecule has 9 heteroatoms. The van der Waals surface area contributed by atoms with Gasteiger partial charge in [-0.15, -0.1) is 0 Å². The van der Waals surface area contributed by atoms with Crippen LogP contribution in [0.3, 0.4) is 0 Å². The van der Waals surface area contributed by atoms with E-state index in [4.69, 9.17) is 4.74 Å². The number of nitrogens with zero attached hydrogens (tertiary/aromatic N) is 3. The molecule has 2 aromatic carbocycles. The standard InChI is InChI=1S/C27H37N3O4S2/c1-5-9-18-29(19-10-6-2)36(32,33)23-14-11-21(12-15-23)26(31)28-27-30(17-7-3)24-16-13-22(34-8-4)20-25(24)35-27/h11-16,20H,5-10,17-19H2,1-4H3. The minimum Gasteiger partial charge on any atom is -0.494 e. The van der Waals surface area contributed by atoms with Gasteiger partial charge >= 0.3 is 0 Å². The summed E-state index contributed by atoms with van der Waals surface area (Å²) in [5.41, 5.74) is 1.37. The maximum absolute atomic E-state index is 13.2. The summed E-state index contributed by atoms with van der Waals surface area (Å²) in [5, 5.41) is 0. The Labute approximate surface area is 218 Å². The lowest BCUT2D eigenvalue weighted by atomic mass is 10.2. The third kappa shape index (κ3) is 6.63. The van der Waals surface area contributed by atoms with Crippen molar-refractivity contribution in [2.75, 3.05) is 19.7 Å². The Morgan fingerprint density at radius 2 is 1.64 bits per heavy atom. The second-order valence-corrected chi connectivity index (χ2v) is 11.6. The van der Waals surface area contributed by atoms with E-state index in [-0.39, 0.29) is 4.90 Å². The summed E-state index contributed by atoms with van der Waals surface area (Å²) >= 11 is 1.45. The number of hydrogen-bond donors (Lipinski definition) is 0. The van der Waals surface area contributed by atoms with Crippen LogP contribution in [0.25, 0.3) is 10.2 Å². The molecular formula is C27H37N3O4S2. The van der Waals surface area contributed by atoms with Crippen molar-refractivity contribution in [2.24, 2.45) is 4.99 Å². The first-order valence-corrected chi connectivity index (χ1v) is 15.1. The number of benzene rings is 2. The predicted octanol–water partition coefficient (Wildman–Crippen LogP) is 5.84. The number of rotatable bonds is 13. The first-order chi connectivity index (χ1) is 17.3. The van der Waals surface area contributed by atoms with E-state index in [1.54, 1.807) is 16.4 Å². The minimum atomic E-state index is -3.61. The molecular weight excluding hydrogens is 494 g/mol. The molecule has 3 rings (SSSR count).